The largest absolute Gasteiger partial charge is 0.495 e. The van der Waals surface area contributed by atoms with Gasteiger partial charge >= 0.3 is 0 Å². The Morgan fingerprint density at radius 2 is 1.96 bits per heavy atom. The first kappa shape index (κ1) is 19.3. The number of hydrogen-bond donors (Lipinski definition) is 2. The van der Waals surface area contributed by atoms with Gasteiger partial charge in [0.05, 0.1) is 11.8 Å². The van der Waals surface area contributed by atoms with E-state index in [1.807, 2.05) is 12.1 Å². The van der Waals surface area contributed by atoms with Crippen LogP contribution in [0.25, 0.3) is 10.1 Å². The highest BCUT2D eigenvalue weighted by molar-refractivity contribution is 7.89. The maximum Gasteiger partial charge on any atom is 0.255 e. The molecule has 142 valence electrons. The number of rotatable bonds is 6. The van der Waals surface area contributed by atoms with E-state index >= 15 is 0 Å². The molecule has 2 aromatic carbocycles. The van der Waals surface area contributed by atoms with Gasteiger partial charge in [0.2, 0.25) is 10.0 Å². The fourth-order valence-electron chi connectivity index (χ4n) is 2.56. The van der Waals surface area contributed by atoms with Crippen molar-refractivity contribution in [1.29, 1.82) is 0 Å². The van der Waals surface area contributed by atoms with E-state index in [4.69, 9.17) is 4.74 Å². The summed E-state index contributed by atoms with van der Waals surface area (Å²) in [4.78, 5) is 12.5. The van der Waals surface area contributed by atoms with E-state index in [0.29, 0.717) is 5.69 Å². The maximum absolute atomic E-state index is 12.6. The molecule has 3 rings (SSSR count). The number of sulfonamides is 1. The van der Waals surface area contributed by atoms with Gasteiger partial charge in [-0.1, -0.05) is 0 Å². The highest BCUT2D eigenvalue weighted by Gasteiger charge is 2.22. The van der Waals surface area contributed by atoms with Gasteiger partial charge in [-0.05, 0) is 61.8 Å². The molecule has 0 atom stereocenters. The SMILES string of the molecule is COc1ccc(C(=O)Nc2ccc3sncc3c2)cc1S(=O)(=O)NC(C)C. The molecule has 2 N–H and O–H groups in total. The minimum absolute atomic E-state index is 0.0798. The molecular weight excluding hydrogens is 386 g/mol. The van der Waals surface area contributed by atoms with Gasteiger partial charge in [-0.15, -0.1) is 0 Å². The summed E-state index contributed by atoms with van der Waals surface area (Å²) in [6.07, 6.45) is 1.73. The van der Waals surface area contributed by atoms with Crippen LogP contribution in [0.1, 0.15) is 24.2 Å². The van der Waals surface area contributed by atoms with Crippen LogP contribution in [0.2, 0.25) is 0 Å². The highest BCUT2D eigenvalue weighted by atomic mass is 32.2. The van der Waals surface area contributed by atoms with Crippen molar-refractivity contribution in [3.8, 4) is 5.75 Å². The second kappa shape index (κ2) is 7.63. The average Bonchev–Trinajstić information content (AvgIpc) is 3.07. The standard InChI is InChI=1S/C18H19N3O4S2/c1-11(2)21-27(23,24)17-9-12(4-6-15(17)25-3)18(22)20-14-5-7-16-13(8-14)10-19-26-16/h4-11,21H,1-3H3,(H,20,22). The van der Waals surface area contributed by atoms with Crippen molar-refractivity contribution in [2.24, 2.45) is 0 Å². The fraction of sp³-hybridized carbons (Fsp3) is 0.222. The first-order valence-electron chi connectivity index (χ1n) is 8.16. The van der Waals surface area contributed by atoms with Crippen LogP contribution < -0.4 is 14.8 Å². The van der Waals surface area contributed by atoms with Gasteiger partial charge in [0, 0.05) is 28.9 Å². The lowest BCUT2D eigenvalue weighted by Gasteiger charge is -2.14. The van der Waals surface area contributed by atoms with Crippen molar-refractivity contribution >= 4 is 43.2 Å². The zero-order valence-corrected chi connectivity index (χ0v) is 16.6. The topological polar surface area (TPSA) is 97.4 Å². The minimum atomic E-state index is -3.81. The Hall–Kier alpha value is -2.49. The van der Waals surface area contributed by atoms with E-state index in [1.165, 1.54) is 36.8 Å². The third-order valence-electron chi connectivity index (χ3n) is 3.72. The predicted octanol–water partition coefficient (Wildman–Crippen LogP) is 3.24. The van der Waals surface area contributed by atoms with Crippen molar-refractivity contribution in [3.63, 3.8) is 0 Å². The lowest BCUT2D eigenvalue weighted by atomic mass is 10.2. The van der Waals surface area contributed by atoms with Crippen LogP contribution in [0.15, 0.2) is 47.5 Å². The monoisotopic (exact) mass is 405 g/mol. The molecule has 0 bridgehead atoms. The van der Waals surface area contributed by atoms with Gasteiger partial charge in [-0.25, -0.2) is 13.1 Å². The molecule has 0 spiro atoms. The Labute approximate surface area is 161 Å². The highest BCUT2D eigenvalue weighted by Crippen LogP contribution is 2.26. The van der Waals surface area contributed by atoms with Crippen molar-refractivity contribution in [2.45, 2.75) is 24.8 Å². The van der Waals surface area contributed by atoms with Crippen molar-refractivity contribution in [1.82, 2.24) is 9.10 Å². The molecule has 0 saturated carbocycles. The van der Waals surface area contributed by atoms with Crippen LogP contribution in [0.4, 0.5) is 5.69 Å². The number of carbonyl (C=O) groups is 1. The van der Waals surface area contributed by atoms with E-state index in [-0.39, 0.29) is 22.3 Å². The number of anilines is 1. The number of methoxy groups -OCH3 is 1. The molecule has 9 heteroatoms. The van der Waals surface area contributed by atoms with Crippen molar-refractivity contribution < 1.29 is 17.9 Å². The normalized spacial score (nSPS) is 11.7. The molecule has 0 radical (unpaired) electrons. The second-order valence-corrected chi connectivity index (χ2v) is 8.69. The summed E-state index contributed by atoms with van der Waals surface area (Å²) in [6.45, 7) is 3.44. The predicted molar refractivity (Wildman–Crippen MR) is 106 cm³/mol. The fourth-order valence-corrected chi connectivity index (χ4v) is 4.63. The van der Waals surface area contributed by atoms with Crippen LogP contribution >= 0.6 is 11.5 Å². The van der Waals surface area contributed by atoms with Gasteiger partial charge in [-0.3, -0.25) is 4.79 Å². The first-order chi connectivity index (χ1) is 12.8. The molecule has 0 aliphatic rings. The molecular formula is C18H19N3O4S2. The number of fused-ring (bicyclic) bond motifs is 1. The van der Waals surface area contributed by atoms with Crippen molar-refractivity contribution in [3.05, 3.63) is 48.2 Å². The van der Waals surface area contributed by atoms with Crippen LogP contribution in [-0.4, -0.2) is 31.9 Å². The van der Waals surface area contributed by atoms with E-state index in [2.05, 4.69) is 14.4 Å². The molecule has 0 saturated heterocycles. The lowest BCUT2D eigenvalue weighted by Crippen LogP contribution is -2.30. The van der Waals surface area contributed by atoms with Gasteiger partial charge in [0.1, 0.15) is 10.6 Å². The van der Waals surface area contributed by atoms with E-state index in [1.54, 1.807) is 26.1 Å². The molecule has 3 aromatic rings. The summed E-state index contributed by atoms with van der Waals surface area (Å²) >= 11 is 1.37. The van der Waals surface area contributed by atoms with Crippen LogP contribution in [-0.2, 0) is 10.0 Å². The second-order valence-electron chi connectivity index (χ2n) is 6.17. The van der Waals surface area contributed by atoms with Gasteiger partial charge in [-0.2, -0.15) is 4.37 Å². The zero-order valence-electron chi connectivity index (χ0n) is 15.0. The number of hydrogen-bond acceptors (Lipinski definition) is 6. The smallest absolute Gasteiger partial charge is 0.255 e. The number of benzene rings is 2. The van der Waals surface area contributed by atoms with E-state index in [0.717, 1.165) is 10.1 Å². The number of amides is 1. The summed E-state index contributed by atoms with van der Waals surface area (Å²) in [5.41, 5.74) is 0.816. The van der Waals surface area contributed by atoms with Gasteiger partial charge in [0.25, 0.3) is 5.91 Å². The number of nitrogens with one attached hydrogen (secondary N) is 2. The average molecular weight is 406 g/mol. The van der Waals surface area contributed by atoms with E-state index in [9.17, 15) is 13.2 Å². The molecule has 27 heavy (non-hydrogen) atoms. The van der Waals surface area contributed by atoms with Crippen LogP contribution in [0.3, 0.4) is 0 Å². The Morgan fingerprint density at radius 3 is 2.67 bits per heavy atom. The molecule has 1 heterocycles. The lowest BCUT2D eigenvalue weighted by molar-refractivity contribution is 0.102. The first-order valence-corrected chi connectivity index (χ1v) is 10.4. The Kier molecular flexibility index (Phi) is 5.45. The number of aromatic nitrogens is 1. The Balaban J connectivity index is 1.91. The molecule has 0 unspecified atom stereocenters. The quantitative estimate of drug-likeness (QED) is 0.656. The van der Waals surface area contributed by atoms with E-state index < -0.39 is 15.9 Å². The van der Waals surface area contributed by atoms with Gasteiger partial charge in [0.15, 0.2) is 0 Å². The molecule has 0 fully saturated rings. The zero-order chi connectivity index (χ0) is 19.6. The third kappa shape index (κ3) is 4.26. The number of nitrogens with zero attached hydrogens (tertiary/aromatic N) is 1. The molecule has 7 nitrogen and oxygen atoms in total. The van der Waals surface area contributed by atoms with Gasteiger partial charge < -0.3 is 10.1 Å². The molecule has 1 amide bonds. The van der Waals surface area contributed by atoms with Crippen molar-refractivity contribution in [2.75, 3.05) is 12.4 Å². The Bertz CT molecular complexity index is 1090. The molecule has 0 aliphatic carbocycles. The molecule has 0 aliphatic heterocycles. The number of carbonyl (C=O) groups excluding carboxylic acids is 1. The summed E-state index contributed by atoms with van der Waals surface area (Å²) in [6, 6.07) is 9.48. The van der Waals surface area contributed by atoms with Crippen LogP contribution in [0, 0.1) is 0 Å². The summed E-state index contributed by atoms with van der Waals surface area (Å²) in [5.74, 6) is -0.244. The summed E-state index contributed by atoms with van der Waals surface area (Å²) in [5, 5.41) is 3.71. The maximum atomic E-state index is 12.6. The summed E-state index contributed by atoms with van der Waals surface area (Å²) < 4.78 is 37.9. The third-order valence-corrected chi connectivity index (χ3v) is 6.18. The minimum Gasteiger partial charge on any atom is -0.495 e. The number of ether oxygens (including phenoxy) is 1. The molecule has 1 aromatic heterocycles. The Morgan fingerprint density at radius 1 is 1.19 bits per heavy atom. The summed E-state index contributed by atoms with van der Waals surface area (Å²) in [7, 11) is -2.43. The van der Waals surface area contributed by atoms with Crippen LogP contribution in [0.5, 0.6) is 5.75 Å².